The summed E-state index contributed by atoms with van der Waals surface area (Å²) in [5.74, 6) is 0.852. The summed E-state index contributed by atoms with van der Waals surface area (Å²) in [5.41, 5.74) is 2.29. The summed E-state index contributed by atoms with van der Waals surface area (Å²) in [6, 6.07) is 16.2. The third-order valence-corrected chi connectivity index (χ3v) is 5.28. The second-order valence-electron chi connectivity index (χ2n) is 5.79. The number of hydrogen-bond donors (Lipinski definition) is 1. The molecule has 0 aliphatic carbocycles. The van der Waals surface area contributed by atoms with Crippen molar-refractivity contribution >= 4 is 27.3 Å². The van der Waals surface area contributed by atoms with Gasteiger partial charge in [0.15, 0.2) is 0 Å². The SMILES string of the molecule is O=C(NCc1csc2ccccc12)C1COc2ccccc2C1. The molecule has 0 radical (unpaired) electrons. The Morgan fingerprint density at radius 2 is 2.00 bits per heavy atom. The van der Waals surface area contributed by atoms with Crippen molar-refractivity contribution in [3.8, 4) is 5.75 Å². The van der Waals surface area contributed by atoms with Crippen LogP contribution in [0.25, 0.3) is 10.1 Å². The third-order valence-electron chi connectivity index (χ3n) is 4.26. The highest BCUT2D eigenvalue weighted by Gasteiger charge is 2.25. The Morgan fingerprint density at radius 1 is 1.17 bits per heavy atom. The van der Waals surface area contributed by atoms with E-state index in [-0.39, 0.29) is 11.8 Å². The van der Waals surface area contributed by atoms with E-state index in [0.29, 0.717) is 13.2 Å². The number of hydrogen-bond acceptors (Lipinski definition) is 3. The molecule has 4 heteroatoms. The van der Waals surface area contributed by atoms with Gasteiger partial charge in [-0.3, -0.25) is 4.79 Å². The molecule has 1 atom stereocenters. The summed E-state index contributed by atoms with van der Waals surface area (Å²) in [4.78, 5) is 12.5. The standard InChI is InChI=1S/C19H17NO2S/c21-19(14-9-13-5-1-3-7-17(13)22-11-14)20-10-15-12-23-18-8-4-2-6-16(15)18/h1-8,12,14H,9-11H2,(H,20,21). The Labute approximate surface area is 138 Å². The first-order chi connectivity index (χ1) is 11.3. The summed E-state index contributed by atoms with van der Waals surface area (Å²) in [5, 5.41) is 6.41. The summed E-state index contributed by atoms with van der Waals surface area (Å²) in [7, 11) is 0. The van der Waals surface area contributed by atoms with Crippen LogP contribution in [0.1, 0.15) is 11.1 Å². The molecular formula is C19H17NO2S. The molecule has 1 unspecified atom stereocenters. The number of amides is 1. The normalized spacial score (nSPS) is 16.6. The van der Waals surface area contributed by atoms with Crippen LogP contribution in [0.2, 0.25) is 0 Å². The Bertz CT molecular complexity index is 855. The fourth-order valence-electron chi connectivity index (χ4n) is 2.99. The molecule has 1 aliphatic heterocycles. The van der Waals surface area contributed by atoms with E-state index in [1.54, 1.807) is 11.3 Å². The van der Waals surface area contributed by atoms with E-state index in [1.807, 2.05) is 36.4 Å². The molecule has 3 aromatic rings. The number of benzene rings is 2. The second kappa shape index (κ2) is 6.05. The van der Waals surface area contributed by atoms with Crippen molar-refractivity contribution in [3.63, 3.8) is 0 Å². The van der Waals surface area contributed by atoms with Gasteiger partial charge in [-0.05, 0) is 40.4 Å². The van der Waals surface area contributed by atoms with Crippen molar-refractivity contribution in [2.24, 2.45) is 5.92 Å². The minimum atomic E-state index is -0.116. The maximum Gasteiger partial charge on any atom is 0.227 e. The first kappa shape index (κ1) is 14.3. The van der Waals surface area contributed by atoms with Gasteiger partial charge in [-0.2, -0.15) is 0 Å². The molecule has 4 rings (SSSR count). The fraction of sp³-hybridized carbons (Fsp3) is 0.211. The van der Waals surface area contributed by atoms with Gasteiger partial charge in [0.2, 0.25) is 5.91 Å². The number of carbonyl (C=O) groups is 1. The first-order valence-corrected chi connectivity index (χ1v) is 8.63. The molecule has 23 heavy (non-hydrogen) atoms. The number of rotatable bonds is 3. The summed E-state index contributed by atoms with van der Waals surface area (Å²) >= 11 is 1.72. The highest BCUT2D eigenvalue weighted by Crippen LogP contribution is 2.28. The monoisotopic (exact) mass is 323 g/mol. The van der Waals surface area contributed by atoms with Crippen LogP contribution >= 0.6 is 11.3 Å². The molecule has 2 heterocycles. The third kappa shape index (κ3) is 2.82. The molecule has 0 saturated carbocycles. The maximum atomic E-state index is 12.5. The van der Waals surface area contributed by atoms with Gasteiger partial charge < -0.3 is 10.1 Å². The number of thiophene rings is 1. The van der Waals surface area contributed by atoms with Crippen LogP contribution in [0.15, 0.2) is 53.9 Å². The van der Waals surface area contributed by atoms with Gasteiger partial charge in [0.1, 0.15) is 12.4 Å². The van der Waals surface area contributed by atoms with E-state index in [9.17, 15) is 4.79 Å². The van der Waals surface area contributed by atoms with Crippen molar-refractivity contribution in [1.29, 1.82) is 0 Å². The van der Waals surface area contributed by atoms with Crippen molar-refractivity contribution < 1.29 is 9.53 Å². The zero-order chi connectivity index (χ0) is 15.6. The average Bonchev–Trinajstić information content (AvgIpc) is 3.02. The number of fused-ring (bicyclic) bond motifs is 2. The summed E-state index contributed by atoms with van der Waals surface area (Å²) in [6.07, 6.45) is 0.742. The maximum absolute atomic E-state index is 12.5. The lowest BCUT2D eigenvalue weighted by Crippen LogP contribution is -2.36. The lowest BCUT2D eigenvalue weighted by Gasteiger charge is -2.24. The Kier molecular flexibility index (Phi) is 3.75. The molecule has 1 amide bonds. The number of nitrogens with one attached hydrogen (secondary N) is 1. The molecule has 2 aromatic carbocycles. The van der Waals surface area contributed by atoms with Crippen molar-refractivity contribution in [1.82, 2.24) is 5.32 Å². The van der Waals surface area contributed by atoms with E-state index < -0.39 is 0 Å². The molecule has 3 nitrogen and oxygen atoms in total. The summed E-state index contributed by atoms with van der Waals surface area (Å²) < 4.78 is 6.96. The van der Waals surface area contributed by atoms with Gasteiger partial charge in [0, 0.05) is 11.2 Å². The Balaban J connectivity index is 1.43. The summed E-state index contributed by atoms with van der Waals surface area (Å²) in [6.45, 7) is 1.02. The minimum absolute atomic E-state index is 0.0646. The molecule has 116 valence electrons. The number of ether oxygens (including phenoxy) is 1. The molecule has 0 saturated heterocycles. The van der Waals surface area contributed by atoms with E-state index in [0.717, 1.165) is 17.7 Å². The molecule has 0 spiro atoms. The molecule has 0 bridgehead atoms. The van der Waals surface area contributed by atoms with E-state index in [1.165, 1.54) is 15.6 Å². The van der Waals surface area contributed by atoms with Crippen LogP contribution < -0.4 is 10.1 Å². The Hall–Kier alpha value is -2.33. The second-order valence-corrected chi connectivity index (χ2v) is 6.71. The first-order valence-electron chi connectivity index (χ1n) is 7.75. The molecular weight excluding hydrogens is 306 g/mol. The molecule has 0 fully saturated rings. The van der Waals surface area contributed by atoms with Crippen LogP contribution in [0.5, 0.6) is 5.75 Å². The van der Waals surface area contributed by atoms with Crippen molar-refractivity contribution in [3.05, 3.63) is 65.0 Å². The van der Waals surface area contributed by atoms with Crippen LogP contribution in [0.3, 0.4) is 0 Å². The van der Waals surface area contributed by atoms with E-state index >= 15 is 0 Å². The number of para-hydroxylation sites is 1. The van der Waals surface area contributed by atoms with Gasteiger partial charge in [0.05, 0.1) is 5.92 Å². The average molecular weight is 323 g/mol. The van der Waals surface area contributed by atoms with E-state index in [2.05, 4.69) is 22.8 Å². The quantitative estimate of drug-likeness (QED) is 0.797. The van der Waals surface area contributed by atoms with Gasteiger partial charge in [-0.15, -0.1) is 11.3 Å². The van der Waals surface area contributed by atoms with Crippen LogP contribution in [0.4, 0.5) is 0 Å². The van der Waals surface area contributed by atoms with Gasteiger partial charge in [-0.1, -0.05) is 36.4 Å². The fourth-order valence-corrected chi connectivity index (χ4v) is 3.96. The largest absolute Gasteiger partial charge is 0.492 e. The van der Waals surface area contributed by atoms with Gasteiger partial charge in [-0.25, -0.2) is 0 Å². The van der Waals surface area contributed by atoms with Crippen LogP contribution in [0, 0.1) is 5.92 Å². The molecule has 1 N–H and O–H groups in total. The topological polar surface area (TPSA) is 38.3 Å². The lowest BCUT2D eigenvalue weighted by molar-refractivity contribution is -0.126. The van der Waals surface area contributed by atoms with E-state index in [4.69, 9.17) is 4.74 Å². The molecule has 1 aliphatic rings. The van der Waals surface area contributed by atoms with Gasteiger partial charge >= 0.3 is 0 Å². The van der Waals surface area contributed by atoms with Crippen LogP contribution in [-0.4, -0.2) is 12.5 Å². The predicted octanol–water partition coefficient (Wildman–Crippen LogP) is 3.77. The van der Waals surface area contributed by atoms with Gasteiger partial charge in [0.25, 0.3) is 0 Å². The highest BCUT2D eigenvalue weighted by molar-refractivity contribution is 7.17. The zero-order valence-electron chi connectivity index (χ0n) is 12.6. The smallest absolute Gasteiger partial charge is 0.227 e. The van der Waals surface area contributed by atoms with Crippen molar-refractivity contribution in [2.75, 3.05) is 6.61 Å². The van der Waals surface area contributed by atoms with Crippen molar-refractivity contribution in [2.45, 2.75) is 13.0 Å². The highest BCUT2D eigenvalue weighted by atomic mass is 32.1. The Morgan fingerprint density at radius 3 is 2.96 bits per heavy atom. The number of carbonyl (C=O) groups excluding carboxylic acids is 1. The predicted molar refractivity (Wildman–Crippen MR) is 92.8 cm³/mol. The molecule has 1 aromatic heterocycles. The lowest BCUT2D eigenvalue weighted by atomic mass is 9.96. The zero-order valence-corrected chi connectivity index (χ0v) is 13.4. The van der Waals surface area contributed by atoms with Crippen LogP contribution in [-0.2, 0) is 17.8 Å². The minimum Gasteiger partial charge on any atom is -0.492 e.